The van der Waals surface area contributed by atoms with Gasteiger partial charge in [0.2, 0.25) is 0 Å². The minimum atomic E-state index is 0.101. The van der Waals surface area contributed by atoms with E-state index in [4.69, 9.17) is 19.9 Å². The number of phenolic OH excluding ortho intramolecular Hbond substituents is 1. The SMILES string of the molecule is Cc1cc(-c2nc(-c3cccc(N(c4ccccn4)c4cccc5ccccc45)c3)nc(-c3ccccc3O)n2)cc(C)n1. The summed E-state index contributed by atoms with van der Waals surface area (Å²) < 4.78 is 0. The van der Waals surface area contributed by atoms with Gasteiger partial charge in [0, 0.05) is 39.8 Å². The number of benzene rings is 4. The summed E-state index contributed by atoms with van der Waals surface area (Å²) in [4.78, 5) is 26.0. The molecule has 0 bridgehead atoms. The first-order valence-corrected chi connectivity index (χ1v) is 14.3. The summed E-state index contributed by atoms with van der Waals surface area (Å²) in [6.45, 7) is 3.90. The zero-order valence-electron chi connectivity index (χ0n) is 24.3. The number of anilines is 3. The molecule has 7 rings (SSSR count). The lowest BCUT2D eigenvalue weighted by Crippen LogP contribution is -2.12. The molecule has 3 heterocycles. The molecular weight excluding hydrogens is 544 g/mol. The van der Waals surface area contributed by atoms with Crippen LogP contribution in [0.4, 0.5) is 17.2 Å². The molecule has 0 fully saturated rings. The van der Waals surface area contributed by atoms with E-state index in [-0.39, 0.29) is 5.75 Å². The molecule has 0 saturated carbocycles. The van der Waals surface area contributed by atoms with Crippen LogP contribution in [0.15, 0.2) is 128 Å². The zero-order valence-corrected chi connectivity index (χ0v) is 24.3. The Morgan fingerprint density at radius 1 is 0.568 bits per heavy atom. The van der Waals surface area contributed by atoms with E-state index in [1.807, 2.05) is 74.5 Å². The molecule has 0 radical (unpaired) electrons. The lowest BCUT2D eigenvalue weighted by molar-refractivity contribution is 0.477. The van der Waals surface area contributed by atoms with E-state index in [1.54, 1.807) is 24.4 Å². The first-order valence-electron chi connectivity index (χ1n) is 14.3. The first-order chi connectivity index (χ1) is 21.5. The smallest absolute Gasteiger partial charge is 0.167 e. The number of rotatable bonds is 6. The van der Waals surface area contributed by atoms with Gasteiger partial charge in [-0.25, -0.2) is 19.9 Å². The van der Waals surface area contributed by atoms with E-state index in [2.05, 4.69) is 52.3 Å². The summed E-state index contributed by atoms with van der Waals surface area (Å²) >= 11 is 0. The molecule has 0 aliphatic carbocycles. The number of phenols is 1. The van der Waals surface area contributed by atoms with E-state index < -0.39 is 0 Å². The van der Waals surface area contributed by atoms with Crippen LogP contribution in [0.1, 0.15) is 11.4 Å². The van der Waals surface area contributed by atoms with Crippen molar-refractivity contribution in [3.8, 4) is 39.9 Å². The Kier molecular flexibility index (Phi) is 6.96. The van der Waals surface area contributed by atoms with Gasteiger partial charge in [-0.05, 0) is 73.8 Å². The highest BCUT2D eigenvalue weighted by molar-refractivity contribution is 5.98. The maximum Gasteiger partial charge on any atom is 0.167 e. The molecular formula is C37H28N6O. The van der Waals surface area contributed by atoms with Crippen LogP contribution in [-0.4, -0.2) is 30.0 Å². The predicted octanol–water partition coefficient (Wildman–Crippen LogP) is 8.61. The third kappa shape index (κ3) is 5.23. The maximum atomic E-state index is 10.7. The van der Waals surface area contributed by atoms with Gasteiger partial charge >= 0.3 is 0 Å². The van der Waals surface area contributed by atoms with Crippen molar-refractivity contribution >= 4 is 28.0 Å². The number of fused-ring (bicyclic) bond motifs is 1. The molecule has 0 spiro atoms. The molecule has 7 nitrogen and oxygen atoms in total. The lowest BCUT2D eigenvalue weighted by atomic mass is 10.1. The van der Waals surface area contributed by atoms with Crippen molar-refractivity contribution in [2.75, 3.05) is 4.90 Å². The Morgan fingerprint density at radius 3 is 2.05 bits per heavy atom. The van der Waals surface area contributed by atoms with E-state index >= 15 is 0 Å². The van der Waals surface area contributed by atoms with Gasteiger partial charge in [-0.2, -0.15) is 0 Å². The monoisotopic (exact) mass is 572 g/mol. The zero-order chi connectivity index (χ0) is 30.0. The molecule has 7 heteroatoms. The summed E-state index contributed by atoms with van der Waals surface area (Å²) in [5.41, 5.74) is 5.81. The molecule has 4 aromatic carbocycles. The number of aryl methyl sites for hydroxylation is 2. The van der Waals surface area contributed by atoms with Gasteiger partial charge in [0.15, 0.2) is 17.5 Å². The third-order valence-corrected chi connectivity index (χ3v) is 7.37. The minimum absolute atomic E-state index is 0.101. The molecule has 0 atom stereocenters. The van der Waals surface area contributed by atoms with Gasteiger partial charge in [0.05, 0.1) is 11.3 Å². The molecule has 3 aromatic heterocycles. The second-order valence-corrected chi connectivity index (χ2v) is 10.5. The summed E-state index contributed by atoms with van der Waals surface area (Å²) in [5, 5.41) is 13.0. The number of nitrogens with zero attached hydrogens (tertiary/aromatic N) is 6. The topological polar surface area (TPSA) is 87.9 Å². The molecule has 0 unspecified atom stereocenters. The van der Waals surface area contributed by atoms with Crippen molar-refractivity contribution in [2.45, 2.75) is 13.8 Å². The van der Waals surface area contributed by atoms with Crippen LogP contribution in [0.3, 0.4) is 0 Å². The summed E-state index contributed by atoms with van der Waals surface area (Å²) in [6.07, 6.45) is 1.80. The number of aromatic hydroxyl groups is 1. The molecule has 7 aromatic rings. The predicted molar refractivity (Wildman–Crippen MR) is 175 cm³/mol. The van der Waals surface area contributed by atoms with Crippen molar-refractivity contribution in [2.24, 2.45) is 0 Å². The largest absolute Gasteiger partial charge is 0.507 e. The van der Waals surface area contributed by atoms with Crippen molar-refractivity contribution in [1.29, 1.82) is 0 Å². The Hall–Kier alpha value is -5.95. The molecule has 212 valence electrons. The third-order valence-electron chi connectivity index (χ3n) is 7.37. The Morgan fingerprint density at radius 2 is 1.25 bits per heavy atom. The lowest BCUT2D eigenvalue weighted by Gasteiger charge is -2.26. The van der Waals surface area contributed by atoms with Crippen LogP contribution in [0, 0.1) is 13.8 Å². The van der Waals surface area contributed by atoms with Crippen molar-refractivity contribution < 1.29 is 5.11 Å². The van der Waals surface area contributed by atoms with Gasteiger partial charge < -0.3 is 5.11 Å². The Balaban J connectivity index is 1.43. The normalized spacial score (nSPS) is 11.0. The van der Waals surface area contributed by atoms with Crippen LogP contribution in [0.2, 0.25) is 0 Å². The Labute approximate surface area is 255 Å². The first kappa shape index (κ1) is 26.9. The van der Waals surface area contributed by atoms with E-state index in [1.165, 1.54) is 0 Å². The average Bonchev–Trinajstić information content (AvgIpc) is 3.05. The maximum absolute atomic E-state index is 10.7. The second kappa shape index (κ2) is 11.4. The molecule has 1 N–H and O–H groups in total. The van der Waals surface area contributed by atoms with Gasteiger partial charge in [-0.3, -0.25) is 9.88 Å². The highest BCUT2D eigenvalue weighted by Gasteiger charge is 2.19. The molecule has 0 saturated heterocycles. The summed E-state index contributed by atoms with van der Waals surface area (Å²) in [5.74, 6) is 2.26. The minimum Gasteiger partial charge on any atom is -0.507 e. The van der Waals surface area contributed by atoms with Crippen LogP contribution in [0.5, 0.6) is 5.75 Å². The highest BCUT2D eigenvalue weighted by Crippen LogP contribution is 2.39. The van der Waals surface area contributed by atoms with Crippen LogP contribution >= 0.6 is 0 Å². The number of hydrogen-bond acceptors (Lipinski definition) is 7. The Bertz CT molecular complexity index is 2100. The molecule has 0 aliphatic heterocycles. The molecule has 0 aliphatic rings. The van der Waals surface area contributed by atoms with E-state index in [0.717, 1.165) is 50.5 Å². The standard InChI is InChI=1S/C37H28N6O/c1-24-21-28(22-25(2)39-24)36-40-35(41-37(42-36)31-16-5-6-18-33(31)44)27-13-9-14-29(23-27)43(34-19-7-8-20-38-34)32-17-10-12-26-11-3-4-15-30(26)32/h3-23,44H,1-2H3. The van der Waals surface area contributed by atoms with Gasteiger partial charge in [0.1, 0.15) is 11.6 Å². The van der Waals surface area contributed by atoms with Crippen molar-refractivity contribution in [3.63, 3.8) is 0 Å². The number of para-hydroxylation sites is 1. The second-order valence-electron chi connectivity index (χ2n) is 10.5. The average molecular weight is 573 g/mol. The van der Waals surface area contributed by atoms with Gasteiger partial charge in [0.25, 0.3) is 0 Å². The fraction of sp³-hybridized carbons (Fsp3) is 0.0541. The van der Waals surface area contributed by atoms with Crippen molar-refractivity contribution in [1.82, 2.24) is 24.9 Å². The summed E-state index contributed by atoms with van der Waals surface area (Å²) in [7, 11) is 0. The van der Waals surface area contributed by atoms with E-state index in [9.17, 15) is 5.11 Å². The van der Waals surface area contributed by atoms with Crippen LogP contribution in [-0.2, 0) is 0 Å². The molecule has 44 heavy (non-hydrogen) atoms. The number of aromatic nitrogens is 5. The van der Waals surface area contributed by atoms with E-state index in [0.29, 0.717) is 23.0 Å². The molecule has 0 amide bonds. The fourth-order valence-electron chi connectivity index (χ4n) is 5.45. The highest BCUT2D eigenvalue weighted by atomic mass is 16.3. The van der Waals surface area contributed by atoms with Crippen LogP contribution in [0.25, 0.3) is 44.9 Å². The number of hydrogen-bond donors (Lipinski definition) is 1. The quantitative estimate of drug-likeness (QED) is 0.213. The van der Waals surface area contributed by atoms with Crippen LogP contribution < -0.4 is 4.90 Å². The van der Waals surface area contributed by atoms with Crippen molar-refractivity contribution in [3.05, 3.63) is 139 Å². The summed E-state index contributed by atoms with van der Waals surface area (Å²) in [6, 6.07) is 39.6. The van der Waals surface area contributed by atoms with Gasteiger partial charge in [-0.15, -0.1) is 0 Å². The van der Waals surface area contributed by atoms with Gasteiger partial charge in [-0.1, -0.05) is 66.7 Å². The fourth-order valence-corrected chi connectivity index (χ4v) is 5.45. The number of pyridine rings is 2.